The minimum Gasteiger partial charge on any atom is -0.0654 e. The molecule has 1 rings (SSSR count). The SMILES string of the molecule is CCCC.CCCC1CCC1. The predicted molar refractivity (Wildman–Crippen MR) is 52.8 cm³/mol. The summed E-state index contributed by atoms with van der Waals surface area (Å²) in [5.41, 5.74) is 0. The molecule has 0 nitrogen and oxygen atoms in total. The van der Waals surface area contributed by atoms with Gasteiger partial charge in [0, 0.05) is 0 Å². The molecule has 0 aliphatic heterocycles. The van der Waals surface area contributed by atoms with Gasteiger partial charge in [0.25, 0.3) is 0 Å². The molecule has 0 aromatic heterocycles. The Hall–Kier alpha value is 0. The van der Waals surface area contributed by atoms with E-state index in [2.05, 4.69) is 20.8 Å². The minimum absolute atomic E-state index is 1.13. The lowest BCUT2D eigenvalue weighted by Gasteiger charge is -2.24. The third-order valence-corrected chi connectivity index (χ3v) is 2.42. The van der Waals surface area contributed by atoms with Crippen molar-refractivity contribution in [3.8, 4) is 0 Å². The second kappa shape index (κ2) is 8.10. The normalized spacial score (nSPS) is 16.6. The Bertz CT molecular complexity index is 60.4. The summed E-state index contributed by atoms with van der Waals surface area (Å²) in [4.78, 5) is 0. The van der Waals surface area contributed by atoms with Crippen LogP contribution in [-0.2, 0) is 0 Å². The molecule has 0 saturated heterocycles. The van der Waals surface area contributed by atoms with Gasteiger partial charge in [-0.2, -0.15) is 0 Å². The highest BCUT2D eigenvalue weighted by molar-refractivity contribution is 4.67. The number of hydrogen-bond acceptors (Lipinski definition) is 0. The molecule has 0 unspecified atom stereocenters. The molecule has 1 aliphatic rings. The van der Waals surface area contributed by atoms with Crippen LogP contribution in [0.3, 0.4) is 0 Å². The van der Waals surface area contributed by atoms with Crippen molar-refractivity contribution in [1.29, 1.82) is 0 Å². The molecule has 0 atom stereocenters. The second-order valence-electron chi connectivity index (χ2n) is 3.59. The number of hydrogen-bond donors (Lipinski definition) is 0. The Kier molecular flexibility index (Phi) is 8.10. The maximum Gasteiger partial charge on any atom is -0.0414 e. The maximum absolute atomic E-state index is 2.28. The van der Waals surface area contributed by atoms with Gasteiger partial charge in [-0.25, -0.2) is 0 Å². The molecule has 0 radical (unpaired) electrons. The third kappa shape index (κ3) is 6.40. The summed E-state index contributed by atoms with van der Waals surface area (Å²) in [6.45, 7) is 6.64. The molecule has 0 heterocycles. The van der Waals surface area contributed by atoms with E-state index < -0.39 is 0 Å². The Labute approximate surface area is 72.4 Å². The van der Waals surface area contributed by atoms with Crippen LogP contribution in [0.1, 0.15) is 65.7 Å². The van der Waals surface area contributed by atoms with Crippen LogP contribution >= 0.6 is 0 Å². The van der Waals surface area contributed by atoms with Gasteiger partial charge in [-0.05, 0) is 5.92 Å². The van der Waals surface area contributed by atoms with E-state index in [-0.39, 0.29) is 0 Å². The van der Waals surface area contributed by atoms with Crippen molar-refractivity contribution in [2.24, 2.45) is 5.92 Å². The van der Waals surface area contributed by atoms with Crippen molar-refractivity contribution in [3.63, 3.8) is 0 Å². The quantitative estimate of drug-likeness (QED) is 0.568. The van der Waals surface area contributed by atoms with Crippen molar-refractivity contribution in [1.82, 2.24) is 0 Å². The van der Waals surface area contributed by atoms with Crippen molar-refractivity contribution >= 4 is 0 Å². The van der Waals surface area contributed by atoms with Gasteiger partial charge in [-0.1, -0.05) is 65.7 Å². The van der Waals surface area contributed by atoms with E-state index in [0.29, 0.717) is 0 Å². The molecule has 1 saturated carbocycles. The molecule has 0 aromatic rings. The van der Waals surface area contributed by atoms with Crippen LogP contribution in [0.2, 0.25) is 0 Å². The van der Waals surface area contributed by atoms with Gasteiger partial charge >= 0.3 is 0 Å². The van der Waals surface area contributed by atoms with Gasteiger partial charge in [0.2, 0.25) is 0 Å². The Morgan fingerprint density at radius 3 is 1.55 bits per heavy atom. The molecule has 68 valence electrons. The van der Waals surface area contributed by atoms with Crippen LogP contribution < -0.4 is 0 Å². The Morgan fingerprint density at radius 2 is 1.45 bits per heavy atom. The van der Waals surface area contributed by atoms with E-state index >= 15 is 0 Å². The number of rotatable bonds is 3. The highest BCUT2D eigenvalue weighted by atomic mass is 14.2. The van der Waals surface area contributed by atoms with Crippen LogP contribution in [0.5, 0.6) is 0 Å². The van der Waals surface area contributed by atoms with Gasteiger partial charge in [-0.3, -0.25) is 0 Å². The first-order valence-electron chi connectivity index (χ1n) is 5.35. The van der Waals surface area contributed by atoms with Crippen molar-refractivity contribution in [2.45, 2.75) is 65.7 Å². The van der Waals surface area contributed by atoms with Gasteiger partial charge < -0.3 is 0 Å². The predicted octanol–water partition coefficient (Wildman–Crippen LogP) is 4.39. The lowest BCUT2D eigenvalue weighted by molar-refractivity contribution is 0.294. The summed E-state index contributed by atoms with van der Waals surface area (Å²) in [5.74, 6) is 1.13. The summed E-state index contributed by atoms with van der Waals surface area (Å²) in [5, 5.41) is 0. The van der Waals surface area contributed by atoms with Crippen molar-refractivity contribution in [3.05, 3.63) is 0 Å². The second-order valence-corrected chi connectivity index (χ2v) is 3.59. The molecule has 0 spiro atoms. The average molecular weight is 156 g/mol. The summed E-state index contributed by atoms with van der Waals surface area (Å²) in [6.07, 6.45) is 10.1. The Morgan fingerprint density at radius 1 is 0.909 bits per heavy atom. The van der Waals surface area contributed by atoms with Crippen molar-refractivity contribution < 1.29 is 0 Å². The lowest BCUT2D eigenvalue weighted by atomic mass is 9.82. The summed E-state index contributed by atoms with van der Waals surface area (Å²) >= 11 is 0. The monoisotopic (exact) mass is 156 g/mol. The molecule has 1 fully saturated rings. The van der Waals surface area contributed by atoms with E-state index in [1.54, 1.807) is 0 Å². The fraction of sp³-hybridized carbons (Fsp3) is 1.00. The van der Waals surface area contributed by atoms with Crippen LogP contribution in [0.15, 0.2) is 0 Å². The largest absolute Gasteiger partial charge is 0.0654 e. The highest BCUT2D eigenvalue weighted by Gasteiger charge is 2.14. The zero-order chi connectivity index (χ0) is 8.53. The zero-order valence-corrected chi connectivity index (χ0v) is 8.53. The molecule has 0 bridgehead atoms. The molecule has 0 N–H and O–H groups in total. The van der Waals surface area contributed by atoms with Crippen LogP contribution in [0, 0.1) is 5.92 Å². The summed E-state index contributed by atoms with van der Waals surface area (Å²) in [6, 6.07) is 0. The molecular weight excluding hydrogens is 132 g/mol. The summed E-state index contributed by atoms with van der Waals surface area (Å²) < 4.78 is 0. The van der Waals surface area contributed by atoms with E-state index in [1.807, 2.05) is 0 Å². The van der Waals surface area contributed by atoms with Crippen molar-refractivity contribution in [2.75, 3.05) is 0 Å². The fourth-order valence-corrected chi connectivity index (χ4v) is 1.19. The molecule has 0 amide bonds. The fourth-order valence-electron chi connectivity index (χ4n) is 1.19. The smallest absolute Gasteiger partial charge is 0.0414 e. The first kappa shape index (κ1) is 11.0. The third-order valence-electron chi connectivity index (χ3n) is 2.42. The average Bonchev–Trinajstić information content (AvgIpc) is 1.97. The topological polar surface area (TPSA) is 0 Å². The maximum atomic E-state index is 2.28. The minimum atomic E-state index is 1.13. The lowest BCUT2D eigenvalue weighted by Crippen LogP contribution is -2.09. The van der Waals surface area contributed by atoms with E-state index in [1.165, 1.54) is 44.9 Å². The Balaban J connectivity index is 0.000000218. The zero-order valence-electron chi connectivity index (χ0n) is 8.53. The van der Waals surface area contributed by atoms with Gasteiger partial charge in [0.15, 0.2) is 0 Å². The molecule has 0 aromatic carbocycles. The molecule has 11 heavy (non-hydrogen) atoms. The molecule has 1 aliphatic carbocycles. The first-order valence-corrected chi connectivity index (χ1v) is 5.35. The van der Waals surface area contributed by atoms with Crippen LogP contribution in [0.25, 0.3) is 0 Å². The highest BCUT2D eigenvalue weighted by Crippen LogP contribution is 2.29. The first-order chi connectivity index (χ1) is 5.35. The van der Waals surface area contributed by atoms with Crippen LogP contribution in [0.4, 0.5) is 0 Å². The van der Waals surface area contributed by atoms with E-state index in [0.717, 1.165) is 5.92 Å². The van der Waals surface area contributed by atoms with Gasteiger partial charge in [0.05, 0.1) is 0 Å². The van der Waals surface area contributed by atoms with Gasteiger partial charge in [0.1, 0.15) is 0 Å². The van der Waals surface area contributed by atoms with Crippen LogP contribution in [-0.4, -0.2) is 0 Å². The van der Waals surface area contributed by atoms with E-state index in [4.69, 9.17) is 0 Å². The molecule has 0 heteroatoms. The molecular formula is C11H24. The standard InChI is InChI=1S/C7H14.C4H10/c1-2-4-7-5-3-6-7;1-3-4-2/h7H,2-6H2,1H3;3-4H2,1-2H3. The van der Waals surface area contributed by atoms with Gasteiger partial charge in [-0.15, -0.1) is 0 Å². The summed E-state index contributed by atoms with van der Waals surface area (Å²) in [7, 11) is 0. The van der Waals surface area contributed by atoms with E-state index in [9.17, 15) is 0 Å². The number of unbranched alkanes of at least 4 members (excludes halogenated alkanes) is 1.